The van der Waals surface area contributed by atoms with Crippen LogP contribution < -0.4 is 11.1 Å². The maximum atomic E-state index is 13.3. The van der Waals surface area contributed by atoms with Gasteiger partial charge < -0.3 is 11.1 Å². The zero-order chi connectivity index (χ0) is 14.7. The van der Waals surface area contributed by atoms with E-state index in [1.807, 2.05) is 18.2 Å². The zero-order valence-electron chi connectivity index (χ0n) is 10.3. The lowest BCUT2D eigenvalue weighted by molar-refractivity contribution is 0.627. The van der Waals surface area contributed by atoms with Crippen LogP contribution in [0.1, 0.15) is 11.6 Å². The van der Waals surface area contributed by atoms with Crippen molar-refractivity contribution in [2.45, 2.75) is 6.04 Å². The first-order chi connectivity index (χ1) is 9.49. The van der Waals surface area contributed by atoms with Crippen molar-refractivity contribution in [1.82, 2.24) is 0 Å². The summed E-state index contributed by atoms with van der Waals surface area (Å²) in [4.78, 5) is 0. The van der Waals surface area contributed by atoms with Gasteiger partial charge >= 0.3 is 0 Å². The maximum absolute atomic E-state index is 13.3. The fourth-order valence-corrected chi connectivity index (χ4v) is 2.71. The van der Waals surface area contributed by atoms with Crippen molar-refractivity contribution in [1.29, 1.82) is 0 Å². The Balaban J connectivity index is 2.26. The molecule has 2 aromatic rings. The third-order valence-electron chi connectivity index (χ3n) is 2.79. The summed E-state index contributed by atoms with van der Waals surface area (Å²) in [6.07, 6.45) is 0. The van der Waals surface area contributed by atoms with Gasteiger partial charge in [0.2, 0.25) is 0 Å². The third kappa shape index (κ3) is 3.95. The molecule has 0 amide bonds. The first-order valence-electron chi connectivity index (χ1n) is 5.87. The molecule has 1 atom stereocenters. The molecular weight excluding hydrogens is 410 g/mol. The van der Waals surface area contributed by atoms with Gasteiger partial charge in [-0.3, -0.25) is 0 Å². The molecule has 3 N–H and O–H groups in total. The summed E-state index contributed by atoms with van der Waals surface area (Å²) in [5, 5.41) is 3.54. The van der Waals surface area contributed by atoms with Gasteiger partial charge in [-0.05, 0) is 67.8 Å². The SMILES string of the molecule is NCC(Nc1cc(F)cc(Cl)c1)c1ccc(Br)c(Br)c1. The highest BCUT2D eigenvalue weighted by atomic mass is 79.9. The van der Waals surface area contributed by atoms with E-state index >= 15 is 0 Å². The van der Waals surface area contributed by atoms with Gasteiger partial charge in [-0.1, -0.05) is 17.7 Å². The topological polar surface area (TPSA) is 38.0 Å². The first-order valence-corrected chi connectivity index (χ1v) is 7.83. The number of rotatable bonds is 4. The predicted molar refractivity (Wildman–Crippen MR) is 88.7 cm³/mol. The van der Waals surface area contributed by atoms with Gasteiger partial charge in [0.1, 0.15) is 5.82 Å². The van der Waals surface area contributed by atoms with Crippen LogP contribution in [0.4, 0.5) is 10.1 Å². The van der Waals surface area contributed by atoms with E-state index in [1.54, 1.807) is 6.07 Å². The minimum atomic E-state index is -0.382. The number of anilines is 1. The van der Waals surface area contributed by atoms with Gasteiger partial charge in [-0.25, -0.2) is 4.39 Å². The summed E-state index contributed by atoms with van der Waals surface area (Å²) in [5.74, 6) is -0.382. The molecule has 0 aliphatic heterocycles. The number of halogens is 4. The number of hydrogen-bond acceptors (Lipinski definition) is 2. The second-order valence-electron chi connectivity index (χ2n) is 4.26. The zero-order valence-corrected chi connectivity index (χ0v) is 14.3. The number of nitrogens with two attached hydrogens (primary N) is 1. The molecule has 20 heavy (non-hydrogen) atoms. The highest BCUT2D eigenvalue weighted by Crippen LogP contribution is 2.28. The second kappa shape index (κ2) is 6.89. The van der Waals surface area contributed by atoms with Crippen molar-refractivity contribution >= 4 is 49.1 Å². The summed E-state index contributed by atoms with van der Waals surface area (Å²) in [6, 6.07) is 10.1. The number of benzene rings is 2. The van der Waals surface area contributed by atoms with Crippen LogP contribution in [0.15, 0.2) is 45.3 Å². The Labute approximate surface area is 138 Å². The average Bonchev–Trinajstić information content (AvgIpc) is 2.38. The molecule has 0 bridgehead atoms. The van der Waals surface area contributed by atoms with E-state index in [1.165, 1.54) is 12.1 Å². The highest BCUT2D eigenvalue weighted by Gasteiger charge is 2.12. The van der Waals surface area contributed by atoms with Gasteiger partial charge in [-0.15, -0.1) is 0 Å². The standard InChI is InChI=1S/C14H12Br2ClFN2/c15-12-2-1-8(3-13(12)16)14(7-19)20-11-5-9(17)4-10(18)6-11/h1-6,14,20H,7,19H2. The molecule has 2 nitrogen and oxygen atoms in total. The number of nitrogens with one attached hydrogen (secondary N) is 1. The molecule has 0 aliphatic carbocycles. The largest absolute Gasteiger partial charge is 0.377 e. The van der Waals surface area contributed by atoms with E-state index in [2.05, 4.69) is 37.2 Å². The Kier molecular flexibility index (Phi) is 5.43. The molecule has 2 rings (SSSR count). The molecule has 0 saturated carbocycles. The Hall–Kier alpha value is -0.620. The van der Waals surface area contributed by atoms with Crippen molar-refractivity contribution in [3.8, 4) is 0 Å². The smallest absolute Gasteiger partial charge is 0.126 e. The van der Waals surface area contributed by atoms with Crippen LogP contribution in [0.25, 0.3) is 0 Å². The lowest BCUT2D eigenvalue weighted by atomic mass is 10.1. The first kappa shape index (κ1) is 15.8. The molecule has 6 heteroatoms. The van der Waals surface area contributed by atoms with Crippen LogP contribution in [0.5, 0.6) is 0 Å². The molecule has 0 saturated heterocycles. The van der Waals surface area contributed by atoms with Crippen LogP contribution in [0.3, 0.4) is 0 Å². The highest BCUT2D eigenvalue weighted by molar-refractivity contribution is 9.13. The summed E-state index contributed by atoms with van der Waals surface area (Å²) in [6.45, 7) is 0.377. The van der Waals surface area contributed by atoms with Crippen molar-refractivity contribution < 1.29 is 4.39 Å². The molecule has 2 aromatic carbocycles. The summed E-state index contributed by atoms with van der Waals surface area (Å²) in [5.41, 5.74) is 7.40. The quantitative estimate of drug-likeness (QED) is 0.718. The Bertz CT molecular complexity index is 602. The fraction of sp³-hybridized carbons (Fsp3) is 0.143. The lowest BCUT2D eigenvalue weighted by Crippen LogP contribution is -2.20. The van der Waals surface area contributed by atoms with Crippen molar-refractivity contribution in [2.75, 3.05) is 11.9 Å². The summed E-state index contributed by atoms with van der Waals surface area (Å²) >= 11 is 12.7. The van der Waals surface area contributed by atoms with E-state index in [4.69, 9.17) is 17.3 Å². The van der Waals surface area contributed by atoms with E-state index in [9.17, 15) is 4.39 Å². The molecule has 0 spiro atoms. The summed E-state index contributed by atoms with van der Waals surface area (Å²) in [7, 11) is 0. The van der Waals surface area contributed by atoms with Crippen LogP contribution in [0, 0.1) is 5.82 Å². The van der Waals surface area contributed by atoms with Crippen molar-refractivity contribution in [3.05, 3.63) is 61.7 Å². The molecule has 0 radical (unpaired) electrons. The van der Waals surface area contributed by atoms with E-state index in [0.29, 0.717) is 17.3 Å². The minimum absolute atomic E-state index is 0.128. The second-order valence-corrected chi connectivity index (χ2v) is 6.41. The molecule has 0 aromatic heterocycles. The fourth-order valence-electron chi connectivity index (χ4n) is 1.85. The third-order valence-corrected chi connectivity index (χ3v) is 4.88. The molecule has 0 aliphatic rings. The van der Waals surface area contributed by atoms with Crippen molar-refractivity contribution in [2.24, 2.45) is 5.73 Å². The van der Waals surface area contributed by atoms with Crippen molar-refractivity contribution in [3.63, 3.8) is 0 Å². The molecule has 0 fully saturated rings. The van der Waals surface area contributed by atoms with E-state index in [0.717, 1.165) is 14.5 Å². The maximum Gasteiger partial charge on any atom is 0.126 e. The Morgan fingerprint density at radius 2 is 1.90 bits per heavy atom. The molecular formula is C14H12Br2ClFN2. The monoisotopic (exact) mass is 420 g/mol. The van der Waals surface area contributed by atoms with Gasteiger partial charge in [0, 0.05) is 26.2 Å². The van der Waals surface area contributed by atoms with Gasteiger partial charge in [0.25, 0.3) is 0 Å². The van der Waals surface area contributed by atoms with E-state index < -0.39 is 0 Å². The Morgan fingerprint density at radius 1 is 1.15 bits per heavy atom. The van der Waals surface area contributed by atoms with Crippen LogP contribution in [-0.4, -0.2) is 6.54 Å². The van der Waals surface area contributed by atoms with Gasteiger partial charge in [-0.2, -0.15) is 0 Å². The molecule has 1 unspecified atom stereocenters. The van der Waals surface area contributed by atoms with Gasteiger partial charge in [0.05, 0.1) is 6.04 Å². The van der Waals surface area contributed by atoms with Gasteiger partial charge in [0.15, 0.2) is 0 Å². The normalized spacial score (nSPS) is 12.2. The Morgan fingerprint density at radius 3 is 2.50 bits per heavy atom. The van der Waals surface area contributed by atoms with E-state index in [-0.39, 0.29) is 11.9 Å². The molecule has 106 valence electrons. The van der Waals surface area contributed by atoms with Crippen LogP contribution in [-0.2, 0) is 0 Å². The number of hydrogen-bond donors (Lipinski definition) is 2. The predicted octanol–water partition coefficient (Wildman–Crippen LogP) is 5.12. The average molecular weight is 423 g/mol. The summed E-state index contributed by atoms with van der Waals surface area (Å²) < 4.78 is 15.2. The minimum Gasteiger partial charge on any atom is -0.377 e. The molecule has 0 heterocycles. The lowest BCUT2D eigenvalue weighted by Gasteiger charge is -2.19. The van der Waals surface area contributed by atoms with Crippen LogP contribution >= 0.6 is 43.5 Å². The van der Waals surface area contributed by atoms with Crippen LogP contribution in [0.2, 0.25) is 5.02 Å².